The fourth-order valence-corrected chi connectivity index (χ4v) is 6.93. The minimum Gasteiger partial charge on any atom is -0.322 e. The summed E-state index contributed by atoms with van der Waals surface area (Å²) in [6.45, 7) is 6.34. The van der Waals surface area contributed by atoms with Gasteiger partial charge in [-0.3, -0.25) is 4.57 Å². The van der Waals surface area contributed by atoms with Gasteiger partial charge >= 0.3 is 7.60 Å². The summed E-state index contributed by atoms with van der Waals surface area (Å²) < 4.78 is 40.1. The van der Waals surface area contributed by atoms with Crippen molar-refractivity contribution in [3.8, 4) is 0 Å². The third-order valence-electron chi connectivity index (χ3n) is 6.41. The fraction of sp³-hybridized carbons (Fsp3) is 0.333. The molecule has 1 aliphatic heterocycles. The van der Waals surface area contributed by atoms with Gasteiger partial charge in [-0.15, -0.1) is 0 Å². The van der Waals surface area contributed by atoms with Gasteiger partial charge in [-0.2, -0.15) is 0 Å². The van der Waals surface area contributed by atoms with Crippen molar-refractivity contribution in [2.75, 3.05) is 18.1 Å². The van der Waals surface area contributed by atoms with E-state index in [1.165, 1.54) is 37.0 Å². The molecule has 190 valence electrons. The Labute approximate surface area is 214 Å². The molecule has 0 saturated carbocycles. The predicted molar refractivity (Wildman–Crippen MR) is 146 cm³/mol. The van der Waals surface area contributed by atoms with E-state index in [1.807, 2.05) is 43.0 Å². The Balaban J connectivity index is 1.88. The normalized spacial score (nSPS) is 15.5. The molecule has 0 N–H and O–H groups in total. The van der Waals surface area contributed by atoms with Crippen molar-refractivity contribution in [2.24, 2.45) is 0 Å². The Kier molecular flexibility index (Phi) is 8.79. The number of aryl methyl sites for hydroxylation is 1. The number of rotatable bonds is 11. The molecule has 0 amide bonds. The third-order valence-corrected chi connectivity index (χ3v) is 8.76. The summed E-state index contributed by atoms with van der Waals surface area (Å²) in [5.74, 6) is -1.05. The number of fused-ring (bicyclic) bond motifs is 1. The first-order valence-corrected chi connectivity index (χ1v) is 14.5. The van der Waals surface area contributed by atoms with Crippen LogP contribution in [0, 0.1) is 5.82 Å². The van der Waals surface area contributed by atoms with Crippen LogP contribution in [0.25, 0.3) is 11.8 Å². The first-order chi connectivity index (χ1) is 17.5. The van der Waals surface area contributed by atoms with Gasteiger partial charge in [0.2, 0.25) is 0 Å². The van der Waals surface area contributed by atoms with E-state index in [-0.39, 0.29) is 19.0 Å². The van der Waals surface area contributed by atoms with Gasteiger partial charge in [0.1, 0.15) is 5.82 Å². The topological polar surface area (TPSA) is 38.8 Å². The lowest BCUT2D eigenvalue weighted by atomic mass is 9.96. The maximum absolute atomic E-state index is 14.4. The Morgan fingerprint density at radius 1 is 0.861 bits per heavy atom. The van der Waals surface area contributed by atoms with Crippen LogP contribution in [0.2, 0.25) is 0 Å². The van der Waals surface area contributed by atoms with Gasteiger partial charge in [0.05, 0.1) is 18.9 Å². The van der Waals surface area contributed by atoms with Crippen LogP contribution < -0.4 is 4.90 Å². The summed E-state index contributed by atoms with van der Waals surface area (Å²) in [6, 6.07) is 22.7. The van der Waals surface area contributed by atoms with Gasteiger partial charge < -0.3 is 13.9 Å². The minimum absolute atomic E-state index is 0.249. The molecule has 36 heavy (non-hydrogen) atoms. The Morgan fingerprint density at radius 3 is 2.17 bits per heavy atom. The largest absolute Gasteiger partial charge is 0.357 e. The van der Waals surface area contributed by atoms with E-state index in [9.17, 15) is 8.96 Å². The summed E-state index contributed by atoms with van der Waals surface area (Å²) in [7, 11) is -3.65. The van der Waals surface area contributed by atoms with E-state index < -0.39 is 13.4 Å². The summed E-state index contributed by atoms with van der Waals surface area (Å²) in [6.07, 6.45) is 6.72. The molecule has 4 rings (SSSR count). The van der Waals surface area contributed by atoms with E-state index in [1.54, 1.807) is 12.1 Å². The van der Waals surface area contributed by atoms with Crippen molar-refractivity contribution in [3.05, 3.63) is 101 Å². The summed E-state index contributed by atoms with van der Waals surface area (Å²) in [5, 5.41) is 0. The monoisotopic (exact) mass is 507 g/mol. The first-order valence-electron chi connectivity index (χ1n) is 12.8. The van der Waals surface area contributed by atoms with Gasteiger partial charge in [0.25, 0.3) is 0 Å². The number of anilines is 1. The van der Waals surface area contributed by atoms with Crippen LogP contribution in [-0.4, -0.2) is 13.2 Å². The lowest BCUT2D eigenvalue weighted by molar-refractivity contribution is 0.212. The van der Waals surface area contributed by atoms with E-state index in [0.717, 1.165) is 28.8 Å². The van der Waals surface area contributed by atoms with Crippen LogP contribution in [0.4, 0.5) is 10.1 Å². The van der Waals surface area contributed by atoms with Crippen molar-refractivity contribution in [3.63, 3.8) is 0 Å². The number of hydrogen-bond acceptors (Lipinski definition) is 4. The van der Waals surface area contributed by atoms with Crippen LogP contribution in [0.15, 0.2) is 72.8 Å². The molecule has 1 aliphatic rings. The SMILES string of the molecule is CCCCCc1ccc(C2=Cc3ccccc3C(P(=O)(OCC)OCC)N2c2ccc(F)cc2)cc1. The molecule has 0 aliphatic carbocycles. The summed E-state index contributed by atoms with van der Waals surface area (Å²) >= 11 is 0. The minimum atomic E-state index is -3.65. The Morgan fingerprint density at radius 2 is 1.53 bits per heavy atom. The highest BCUT2D eigenvalue weighted by Gasteiger charge is 2.45. The molecule has 0 radical (unpaired) electrons. The zero-order valence-corrected chi connectivity index (χ0v) is 22.2. The van der Waals surface area contributed by atoms with Crippen molar-refractivity contribution in [1.29, 1.82) is 0 Å². The van der Waals surface area contributed by atoms with Gasteiger partial charge in [-0.05, 0) is 79.3 Å². The van der Waals surface area contributed by atoms with Crippen molar-refractivity contribution < 1.29 is 18.0 Å². The van der Waals surface area contributed by atoms with Crippen LogP contribution in [0.5, 0.6) is 0 Å². The molecule has 3 aromatic carbocycles. The van der Waals surface area contributed by atoms with Crippen LogP contribution in [0.3, 0.4) is 0 Å². The van der Waals surface area contributed by atoms with Crippen molar-refractivity contribution in [1.82, 2.24) is 0 Å². The highest BCUT2D eigenvalue weighted by molar-refractivity contribution is 7.54. The second-order valence-corrected chi connectivity index (χ2v) is 11.0. The molecule has 3 aromatic rings. The van der Waals surface area contributed by atoms with Gasteiger partial charge in [-0.1, -0.05) is 68.3 Å². The molecular weight excluding hydrogens is 472 g/mol. The van der Waals surface area contributed by atoms with E-state index in [0.29, 0.717) is 5.69 Å². The molecular formula is C30H35FNO3P. The quantitative estimate of drug-likeness (QED) is 0.192. The van der Waals surface area contributed by atoms with Gasteiger partial charge in [-0.25, -0.2) is 4.39 Å². The number of benzene rings is 3. The second kappa shape index (κ2) is 12.0. The standard InChI is InChI=1S/C30H35FNO3P/c1-4-7-8-11-23-14-16-24(17-15-23)29-22-25-12-9-10-13-28(25)30(36(33,34-5-2)35-6-3)32(29)27-20-18-26(31)19-21-27/h9-10,12-22,30H,4-8,11H2,1-3H3. The smallest absolute Gasteiger partial charge is 0.322 e. The third kappa shape index (κ3) is 5.64. The van der Waals surface area contributed by atoms with Crippen LogP contribution in [-0.2, 0) is 20.0 Å². The van der Waals surface area contributed by atoms with Crippen LogP contribution in [0.1, 0.15) is 68.1 Å². The zero-order chi connectivity index (χ0) is 25.5. The maximum atomic E-state index is 14.4. The molecule has 4 nitrogen and oxygen atoms in total. The molecule has 6 heteroatoms. The molecule has 0 aromatic heterocycles. The molecule has 0 fully saturated rings. The van der Waals surface area contributed by atoms with Crippen molar-refractivity contribution >= 4 is 25.1 Å². The van der Waals surface area contributed by atoms with Gasteiger partial charge in [0, 0.05) is 5.69 Å². The average molecular weight is 508 g/mol. The summed E-state index contributed by atoms with van der Waals surface area (Å²) in [4.78, 5) is 1.99. The average Bonchev–Trinajstić information content (AvgIpc) is 2.89. The molecule has 0 spiro atoms. The van der Waals surface area contributed by atoms with Crippen LogP contribution >= 0.6 is 7.60 Å². The molecule has 1 unspecified atom stereocenters. The highest BCUT2D eigenvalue weighted by Crippen LogP contribution is 2.66. The number of unbranched alkanes of at least 4 members (excludes halogenated alkanes) is 2. The second-order valence-electron chi connectivity index (χ2n) is 8.91. The lowest BCUT2D eigenvalue weighted by Crippen LogP contribution is -2.31. The zero-order valence-electron chi connectivity index (χ0n) is 21.3. The molecule has 1 heterocycles. The van der Waals surface area contributed by atoms with Crippen molar-refractivity contribution in [2.45, 2.75) is 52.2 Å². The number of halogens is 1. The lowest BCUT2D eigenvalue weighted by Gasteiger charge is -2.42. The summed E-state index contributed by atoms with van der Waals surface area (Å²) in [5.41, 5.74) is 5.68. The first kappa shape index (κ1) is 26.3. The molecule has 0 bridgehead atoms. The molecule has 1 atom stereocenters. The Bertz CT molecular complexity index is 1210. The van der Waals surface area contributed by atoms with E-state index >= 15 is 0 Å². The maximum Gasteiger partial charge on any atom is 0.357 e. The Hall–Kier alpha value is -2.72. The highest BCUT2D eigenvalue weighted by atomic mass is 31.2. The fourth-order valence-electron chi connectivity index (χ4n) is 4.74. The molecule has 0 saturated heterocycles. The predicted octanol–water partition coefficient (Wildman–Crippen LogP) is 8.84. The number of nitrogens with zero attached hydrogens (tertiary/aromatic N) is 1. The number of hydrogen-bond donors (Lipinski definition) is 0. The van der Waals surface area contributed by atoms with Gasteiger partial charge in [0.15, 0.2) is 5.78 Å². The van der Waals surface area contributed by atoms with E-state index in [4.69, 9.17) is 9.05 Å². The van der Waals surface area contributed by atoms with E-state index in [2.05, 4.69) is 37.3 Å².